The molecule has 1 aromatic heterocycles. The van der Waals surface area contributed by atoms with Crippen LogP contribution in [0.3, 0.4) is 0 Å². The highest BCUT2D eigenvalue weighted by Crippen LogP contribution is 2.36. The monoisotopic (exact) mass is 413 g/mol. The molecule has 7 heteroatoms. The fourth-order valence-corrected chi connectivity index (χ4v) is 3.51. The molecule has 0 radical (unpaired) electrons. The van der Waals surface area contributed by atoms with Crippen LogP contribution in [0, 0.1) is 0 Å². The van der Waals surface area contributed by atoms with Gasteiger partial charge in [-0.25, -0.2) is 4.98 Å². The molecule has 0 saturated heterocycles. The van der Waals surface area contributed by atoms with Crippen molar-refractivity contribution in [3.63, 3.8) is 0 Å². The first-order valence-corrected chi connectivity index (χ1v) is 9.65. The molecular formula is C22H24ClN3O3. The zero-order valence-electron chi connectivity index (χ0n) is 17.0. The van der Waals surface area contributed by atoms with Crippen molar-refractivity contribution in [2.45, 2.75) is 20.0 Å². The zero-order chi connectivity index (χ0) is 21.0. The maximum absolute atomic E-state index is 12.6. The van der Waals surface area contributed by atoms with Crippen molar-refractivity contribution in [2.24, 2.45) is 0 Å². The van der Waals surface area contributed by atoms with Gasteiger partial charge in [-0.05, 0) is 42.8 Å². The number of amides is 1. The Morgan fingerprint density at radius 3 is 2.69 bits per heavy atom. The number of methoxy groups -OCH3 is 2. The van der Waals surface area contributed by atoms with E-state index in [9.17, 15) is 4.79 Å². The topological polar surface area (TPSA) is 56.6 Å². The van der Waals surface area contributed by atoms with Crippen molar-refractivity contribution < 1.29 is 14.3 Å². The number of imidazole rings is 1. The molecule has 0 fully saturated rings. The number of rotatable bonds is 7. The molecule has 152 valence electrons. The summed E-state index contributed by atoms with van der Waals surface area (Å²) in [6.45, 7) is 3.27. The highest BCUT2D eigenvalue weighted by Gasteiger charge is 2.14. The molecule has 29 heavy (non-hydrogen) atoms. The number of carbonyl (C=O) groups excluding carboxylic acids is 1. The van der Waals surface area contributed by atoms with E-state index in [1.807, 2.05) is 24.3 Å². The van der Waals surface area contributed by atoms with Crippen LogP contribution in [-0.2, 0) is 17.9 Å². The first kappa shape index (κ1) is 20.7. The minimum Gasteiger partial charge on any atom is -0.493 e. The van der Waals surface area contributed by atoms with Gasteiger partial charge in [0.25, 0.3) is 0 Å². The molecule has 0 saturated carbocycles. The van der Waals surface area contributed by atoms with Crippen molar-refractivity contribution in [1.29, 1.82) is 0 Å². The molecule has 3 rings (SSSR count). The molecule has 6 nitrogen and oxygen atoms in total. The van der Waals surface area contributed by atoms with E-state index in [1.165, 1.54) is 13.2 Å². The number of para-hydroxylation sites is 2. The van der Waals surface area contributed by atoms with Crippen LogP contribution in [0.1, 0.15) is 18.3 Å². The predicted octanol–water partition coefficient (Wildman–Crippen LogP) is 4.40. The molecule has 2 aromatic carbocycles. The van der Waals surface area contributed by atoms with Gasteiger partial charge in [0.1, 0.15) is 5.82 Å². The molecule has 0 aliphatic rings. The van der Waals surface area contributed by atoms with Gasteiger partial charge in [0.2, 0.25) is 5.91 Å². The van der Waals surface area contributed by atoms with Crippen molar-refractivity contribution in [1.82, 2.24) is 14.5 Å². The van der Waals surface area contributed by atoms with Gasteiger partial charge in [0.15, 0.2) is 11.5 Å². The quantitative estimate of drug-likeness (QED) is 0.539. The van der Waals surface area contributed by atoms with Gasteiger partial charge in [0, 0.05) is 19.7 Å². The minimum atomic E-state index is -0.134. The molecule has 0 aliphatic carbocycles. The number of nitrogens with zero attached hydrogens (tertiary/aromatic N) is 3. The molecule has 3 aromatic rings. The summed E-state index contributed by atoms with van der Waals surface area (Å²) in [7, 11) is 4.83. The van der Waals surface area contributed by atoms with E-state index in [-0.39, 0.29) is 5.91 Å². The molecular weight excluding hydrogens is 390 g/mol. The Morgan fingerprint density at radius 1 is 1.24 bits per heavy atom. The van der Waals surface area contributed by atoms with Crippen molar-refractivity contribution in [2.75, 3.05) is 21.3 Å². The van der Waals surface area contributed by atoms with Crippen LogP contribution >= 0.6 is 11.6 Å². The highest BCUT2D eigenvalue weighted by atomic mass is 35.5. The number of aryl methyl sites for hydroxylation is 1. The smallest absolute Gasteiger partial charge is 0.246 e. The van der Waals surface area contributed by atoms with Crippen LogP contribution in [-0.4, -0.2) is 41.6 Å². The van der Waals surface area contributed by atoms with Gasteiger partial charge in [-0.2, -0.15) is 0 Å². The number of ether oxygens (including phenoxy) is 2. The fraction of sp³-hybridized carbons (Fsp3) is 0.273. The number of fused-ring (bicyclic) bond motifs is 1. The van der Waals surface area contributed by atoms with Gasteiger partial charge in [0.05, 0.1) is 36.8 Å². The third-order valence-electron chi connectivity index (χ3n) is 4.68. The van der Waals surface area contributed by atoms with E-state index in [0.717, 1.165) is 29.0 Å². The second-order valence-corrected chi connectivity index (χ2v) is 6.93. The summed E-state index contributed by atoms with van der Waals surface area (Å²) in [4.78, 5) is 18.9. The number of benzene rings is 2. The summed E-state index contributed by atoms with van der Waals surface area (Å²) in [6, 6.07) is 11.5. The van der Waals surface area contributed by atoms with E-state index < -0.39 is 0 Å². The number of likely N-dealkylation sites (N-methyl/N-ethyl adjacent to an activating group) is 1. The predicted molar refractivity (Wildman–Crippen MR) is 115 cm³/mol. The van der Waals surface area contributed by atoms with Crippen molar-refractivity contribution in [3.05, 3.63) is 58.9 Å². The lowest BCUT2D eigenvalue weighted by atomic mass is 10.2. The number of hydrogen-bond donors (Lipinski definition) is 0. The second kappa shape index (κ2) is 9.01. The standard InChI is InChI=1S/C22H24ClN3O3/c1-5-26-18-9-7-6-8-17(18)24-20(26)14-25(2)21(27)11-10-15-12-16(23)22(29-4)19(13-15)28-3/h6-13H,5,14H2,1-4H3/b11-10+. The lowest BCUT2D eigenvalue weighted by Crippen LogP contribution is -2.26. The molecule has 1 heterocycles. The third kappa shape index (κ3) is 4.38. The molecule has 0 spiro atoms. The SMILES string of the molecule is CCn1c(CN(C)C(=O)/C=C/c2cc(Cl)c(OC)c(OC)c2)nc2ccccc21. The average molecular weight is 414 g/mol. The number of carbonyl (C=O) groups is 1. The molecule has 0 N–H and O–H groups in total. The van der Waals surface area contributed by atoms with Crippen LogP contribution in [0.15, 0.2) is 42.5 Å². The summed E-state index contributed by atoms with van der Waals surface area (Å²) in [5.74, 6) is 1.70. The fourth-order valence-electron chi connectivity index (χ4n) is 3.22. The molecule has 0 bridgehead atoms. The maximum atomic E-state index is 12.6. The minimum absolute atomic E-state index is 0.134. The van der Waals surface area contributed by atoms with Crippen LogP contribution in [0.4, 0.5) is 0 Å². The van der Waals surface area contributed by atoms with Gasteiger partial charge < -0.3 is 18.9 Å². The molecule has 0 unspecified atom stereocenters. The Bertz CT molecular complexity index is 1060. The summed E-state index contributed by atoms with van der Waals surface area (Å²) < 4.78 is 12.7. The van der Waals surface area contributed by atoms with Crippen LogP contribution < -0.4 is 9.47 Å². The van der Waals surface area contributed by atoms with E-state index in [2.05, 4.69) is 16.5 Å². The van der Waals surface area contributed by atoms with Crippen LogP contribution in [0.5, 0.6) is 11.5 Å². The Balaban J connectivity index is 1.77. The van der Waals surface area contributed by atoms with E-state index in [4.69, 9.17) is 21.1 Å². The van der Waals surface area contributed by atoms with Gasteiger partial charge in [-0.1, -0.05) is 23.7 Å². The number of hydrogen-bond acceptors (Lipinski definition) is 4. The second-order valence-electron chi connectivity index (χ2n) is 6.53. The lowest BCUT2D eigenvalue weighted by molar-refractivity contribution is -0.125. The van der Waals surface area contributed by atoms with Gasteiger partial charge in [-0.3, -0.25) is 4.79 Å². The first-order chi connectivity index (χ1) is 14.0. The molecule has 1 amide bonds. The van der Waals surface area contributed by atoms with Crippen LogP contribution in [0.2, 0.25) is 5.02 Å². The van der Waals surface area contributed by atoms with Crippen molar-refractivity contribution in [3.8, 4) is 11.5 Å². The summed E-state index contributed by atoms with van der Waals surface area (Å²) in [6.07, 6.45) is 3.21. The Labute approximate surface area is 175 Å². The zero-order valence-corrected chi connectivity index (χ0v) is 17.7. The molecule has 0 atom stereocenters. The summed E-state index contributed by atoms with van der Waals surface area (Å²) in [5, 5.41) is 0.420. The lowest BCUT2D eigenvalue weighted by Gasteiger charge is -2.16. The Morgan fingerprint density at radius 2 is 2.00 bits per heavy atom. The summed E-state index contributed by atoms with van der Waals surface area (Å²) >= 11 is 6.23. The van der Waals surface area contributed by atoms with Crippen molar-refractivity contribution >= 4 is 34.6 Å². The largest absolute Gasteiger partial charge is 0.493 e. The molecule has 0 aliphatic heterocycles. The third-order valence-corrected chi connectivity index (χ3v) is 4.96. The normalized spacial score (nSPS) is 11.2. The Hall–Kier alpha value is -2.99. The van der Waals surface area contributed by atoms with E-state index >= 15 is 0 Å². The van der Waals surface area contributed by atoms with Gasteiger partial charge >= 0.3 is 0 Å². The van der Waals surface area contributed by atoms with E-state index in [1.54, 1.807) is 37.3 Å². The van der Waals surface area contributed by atoms with E-state index in [0.29, 0.717) is 23.1 Å². The maximum Gasteiger partial charge on any atom is 0.246 e. The summed E-state index contributed by atoms with van der Waals surface area (Å²) in [5.41, 5.74) is 2.75. The highest BCUT2D eigenvalue weighted by molar-refractivity contribution is 6.32. The first-order valence-electron chi connectivity index (χ1n) is 9.27. The average Bonchev–Trinajstić information content (AvgIpc) is 3.08. The Kier molecular flexibility index (Phi) is 6.44. The van der Waals surface area contributed by atoms with Gasteiger partial charge in [-0.15, -0.1) is 0 Å². The number of halogens is 1. The number of aromatic nitrogens is 2. The van der Waals surface area contributed by atoms with Crippen LogP contribution in [0.25, 0.3) is 17.1 Å².